The van der Waals surface area contributed by atoms with E-state index in [-0.39, 0.29) is 5.91 Å². The van der Waals surface area contributed by atoms with Crippen LogP contribution in [0.15, 0.2) is 24.4 Å². The lowest BCUT2D eigenvalue weighted by Gasteiger charge is -2.07. The lowest BCUT2D eigenvalue weighted by atomic mass is 10.1. The van der Waals surface area contributed by atoms with E-state index in [9.17, 15) is 4.79 Å². The zero-order valence-corrected chi connectivity index (χ0v) is 10.1. The van der Waals surface area contributed by atoms with E-state index >= 15 is 0 Å². The number of pyridine rings is 1. The number of nitrogen functional groups attached to an aromatic ring is 1. The third-order valence-corrected chi connectivity index (χ3v) is 2.31. The molecule has 0 aliphatic carbocycles. The zero-order valence-electron chi connectivity index (χ0n) is 10.1. The second-order valence-corrected chi connectivity index (χ2v) is 3.90. The van der Waals surface area contributed by atoms with Crippen molar-refractivity contribution in [2.45, 2.75) is 13.8 Å². The van der Waals surface area contributed by atoms with Gasteiger partial charge in [0.2, 0.25) is 5.91 Å². The Hall–Kier alpha value is -2.50. The number of amides is 1. The fraction of sp³-hybridized carbons (Fsp3) is 0.167. The molecular weight excluding hydrogens is 230 g/mol. The van der Waals surface area contributed by atoms with Crippen molar-refractivity contribution in [2.24, 2.45) is 0 Å². The Morgan fingerprint density at radius 1 is 1.33 bits per heavy atom. The molecule has 6 heteroatoms. The summed E-state index contributed by atoms with van der Waals surface area (Å²) in [4.78, 5) is 15.0. The van der Waals surface area contributed by atoms with Crippen LogP contribution in [0.1, 0.15) is 12.6 Å². The van der Waals surface area contributed by atoms with Gasteiger partial charge in [0, 0.05) is 30.4 Å². The molecule has 3 N–H and O–H groups in total. The maximum atomic E-state index is 10.9. The van der Waals surface area contributed by atoms with Crippen LogP contribution in [0.25, 0.3) is 11.3 Å². The van der Waals surface area contributed by atoms with Gasteiger partial charge in [-0.15, -0.1) is 0 Å². The molecule has 92 valence electrons. The smallest absolute Gasteiger partial charge is 0.222 e. The van der Waals surface area contributed by atoms with Crippen LogP contribution >= 0.6 is 0 Å². The molecule has 2 aromatic rings. The number of aryl methyl sites for hydroxylation is 1. The highest BCUT2D eigenvalue weighted by molar-refractivity contribution is 5.89. The molecule has 0 unspecified atom stereocenters. The fourth-order valence-corrected chi connectivity index (χ4v) is 1.48. The van der Waals surface area contributed by atoms with Crippen LogP contribution in [-0.2, 0) is 4.79 Å². The minimum Gasteiger partial charge on any atom is -0.398 e. The molecule has 0 aliphatic rings. The molecule has 0 saturated carbocycles. The summed E-state index contributed by atoms with van der Waals surface area (Å²) >= 11 is 0. The number of carbonyl (C=O) groups excluding carboxylic acids is 1. The Morgan fingerprint density at radius 3 is 2.67 bits per heavy atom. The maximum absolute atomic E-state index is 10.9. The van der Waals surface area contributed by atoms with Crippen LogP contribution in [0.5, 0.6) is 0 Å². The molecule has 0 saturated heterocycles. The van der Waals surface area contributed by atoms with Gasteiger partial charge in [-0.3, -0.25) is 4.79 Å². The number of aromatic nitrogens is 3. The first-order chi connectivity index (χ1) is 8.56. The molecule has 0 bridgehead atoms. The van der Waals surface area contributed by atoms with E-state index in [0.29, 0.717) is 22.8 Å². The van der Waals surface area contributed by atoms with Gasteiger partial charge in [-0.25, -0.2) is 4.98 Å². The molecular formula is C12H13N5O. The van der Waals surface area contributed by atoms with Crippen LogP contribution in [0.4, 0.5) is 11.5 Å². The summed E-state index contributed by atoms with van der Waals surface area (Å²) in [6, 6.07) is 5.27. The van der Waals surface area contributed by atoms with Crippen LogP contribution in [0.3, 0.4) is 0 Å². The minimum atomic E-state index is -0.190. The number of carbonyl (C=O) groups is 1. The molecule has 2 rings (SSSR count). The number of nitrogens with one attached hydrogen (secondary N) is 1. The molecule has 2 aromatic heterocycles. The predicted octanol–water partition coefficient (Wildman–Crippen LogP) is 1.39. The lowest BCUT2D eigenvalue weighted by Crippen LogP contribution is -2.08. The Bertz CT molecular complexity index is 580. The van der Waals surface area contributed by atoms with E-state index in [1.54, 1.807) is 12.3 Å². The predicted molar refractivity (Wildman–Crippen MR) is 68.7 cm³/mol. The summed E-state index contributed by atoms with van der Waals surface area (Å²) in [6.45, 7) is 3.27. The Kier molecular flexibility index (Phi) is 3.18. The summed E-state index contributed by atoms with van der Waals surface area (Å²) in [7, 11) is 0. The third kappa shape index (κ3) is 2.60. The minimum absolute atomic E-state index is 0.190. The molecule has 18 heavy (non-hydrogen) atoms. The van der Waals surface area contributed by atoms with Crippen molar-refractivity contribution in [1.29, 1.82) is 0 Å². The maximum Gasteiger partial charge on any atom is 0.222 e. The number of nitrogens with two attached hydrogens (primary N) is 1. The Morgan fingerprint density at radius 2 is 2.11 bits per heavy atom. The van der Waals surface area contributed by atoms with Gasteiger partial charge in [-0.2, -0.15) is 10.2 Å². The first kappa shape index (κ1) is 12.0. The van der Waals surface area contributed by atoms with Gasteiger partial charge >= 0.3 is 0 Å². The second-order valence-electron chi connectivity index (χ2n) is 3.90. The van der Waals surface area contributed by atoms with Crippen molar-refractivity contribution in [2.75, 3.05) is 11.1 Å². The topological polar surface area (TPSA) is 93.8 Å². The van der Waals surface area contributed by atoms with Crippen LogP contribution < -0.4 is 11.1 Å². The third-order valence-electron chi connectivity index (χ3n) is 2.31. The molecule has 6 nitrogen and oxygen atoms in total. The summed E-state index contributed by atoms with van der Waals surface area (Å²) in [5, 5.41) is 10.6. The van der Waals surface area contributed by atoms with Crippen molar-refractivity contribution in [3.8, 4) is 11.3 Å². The monoisotopic (exact) mass is 243 g/mol. The van der Waals surface area contributed by atoms with E-state index in [0.717, 1.165) is 5.69 Å². The van der Waals surface area contributed by atoms with Gasteiger partial charge in [0.05, 0.1) is 11.4 Å². The molecule has 1 amide bonds. The van der Waals surface area contributed by atoms with Crippen molar-refractivity contribution in [3.63, 3.8) is 0 Å². The molecule has 2 heterocycles. The molecule has 0 aromatic carbocycles. The molecule has 0 aliphatic heterocycles. The quantitative estimate of drug-likeness (QED) is 0.831. The number of nitrogens with zero attached hydrogens (tertiary/aromatic N) is 3. The van der Waals surface area contributed by atoms with Crippen molar-refractivity contribution < 1.29 is 4.79 Å². The molecule has 0 fully saturated rings. The first-order valence-corrected chi connectivity index (χ1v) is 5.40. The molecule has 0 atom stereocenters. The average molecular weight is 243 g/mol. The highest BCUT2D eigenvalue weighted by atomic mass is 16.1. The highest BCUT2D eigenvalue weighted by Gasteiger charge is 2.07. The van der Waals surface area contributed by atoms with Gasteiger partial charge in [-0.05, 0) is 19.1 Å². The molecule has 0 spiro atoms. The lowest BCUT2D eigenvalue weighted by molar-refractivity contribution is -0.114. The van der Waals surface area contributed by atoms with Crippen LogP contribution in [-0.4, -0.2) is 21.1 Å². The SMILES string of the molecule is CC(=O)Nc1cc(N)c(-c2ccc(C)nn2)cn1. The standard InChI is InChI=1S/C12H13N5O/c1-7-3-4-11(17-16-7)9-6-14-12(5-10(9)13)15-8(2)18/h3-6H,1-2H3,(H3,13,14,15,18). The number of anilines is 2. The fourth-order valence-electron chi connectivity index (χ4n) is 1.48. The van der Waals surface area contributed by atoms with Gasteiger partial charge in [-0.1, -0.05) is 0 Å². The normalized spacial score (nSPS) is 10.1. The highest BCUT2D eigenvalue weighted by Crippen LogP contribution is 2.24. The number of hydrogen-bond donors (Lipinski definition) is 2. The van der Waals surface area contributed by atoms with E-state index in [1.807, 2.05) is 19.1 Å². The van der Waals surface area contributed by atoms with E-state index < -0.39 is 0 Å². The van der Waals surface area contributed by atoms with Crippen molar-refractivity contribution >= 4 is 17.4 Å². The first-order valence-electron chi connectivity index (χ1n) is 5.40. The van der Waals surface area contributed by atoms with Crippen LogP contribution in [0, 0.1) is 6.92 Å². The van der Waals surface area contributed by atoms with E-state index in [1.165, 1.54) is 6.92 Å². The summed E-state index contributed by atoms with van der Waals surface area (Å²) in [5.74, 6) is 0.230. The summed E-state index contributed by atoms with van der Waals surface area (Å²) in [5.41, 5.74) is 8.58. The Balaban J connectivity index is 2.35. The number of rotatable bonds is 2. The second kappa shape index (κ2) is 4.79. The van der Waals surface area contributed by atoms with Crippen LogP contribution in [0.2, 0.25) is 0 Å². The van der Waals surface area contributed by atoms with Gasteiger partial charge in [0.25, 0.3) is 0 Å². The molecule has 0 radical (unpaired) electrons. The van der Waals surface area contributed by atoms with Gasteiger partial charge in [0.15, 0.2) is 0 Å². The average Bonchev–Trinajstić information content (AvgIpc) is 2.30. The van der Waals surface area contributed by atoms with Gasteiger partial charge in [0.1, 0.15) is 5.82 Å². The van der Waals surface area contributed by atoms with Crippen molar-refractivity contribution in [3.05, 3.63) is 30.1 Å². The number of hydrogen-bond acceptors (Lipinski definition) is 5. The van der Waals surface area contributed by atoms with Crippen molar-refractivity contribution in [1.82, 2.24) is 15.2 Å². The van der Waals surface area contributed by atoms with E-state index in [4.69, 9.17) is 5.73 Å². The van der Waals surface area contributed by atoms with E-state index in [2.05, 4.69) is 20.5 Å². The zero-order chi connectivity index (χ0) is 13.1. The Labute approximate surface area is 104 Å². The largest absolute Gasteiger partial charge is 0.398 e. The van der Waals surface area contributed by atoms with Gasteiger partial charge < -0.3 is 11.1 Å². The summed E-state index contributed by atoms with van der Waals surface area (Å²) in [6.07, 6.45) is 1.57. The summed E-state index contributed by atoms with van der Waals surface area (Å²) < 4.78 is 0.